The minimum atomic E-state index is -1.59. The molecule has 0 aromatic heterocycles. The van der Waals surface area contributed by atoms with E-state index in [2.05, 4.69) is 0 Å². The Kier molecular flexibility index (Phi) is 2.17. The van der Waals surface area contributed by atoms with E-state index in [0.29, 0.717) is 0 Å². The first kappa shape index (κ1) is 10.1. The zero-order valence-corrected chi connectivity index (χ0v) is 7.39. The number of carboxylic acid groups (broad SMARTS) is 1. The molecule has 1 aliphatic rings. The van der Waals surface area contributed by atoms with Gasteiger partial charge in [-0.15, -0.1) is 0 Å². The van der Waals surface area contributed by atoms with Crippen molar-refractivity contribution < 1.29 is 24.9 Å². The summed E-state index contributed by atoms with van der Waals surface area (Å²) in [6.45, 7) is 2.85. The van der Waals surface area contributed by atoms with Gasteiger partial charge in [-0.25, -0.2) is 0 Å². The minimum absolute atomic E-state index is 0.618. The summed E-state index contributed by atoms with van der Waals surface area (Å²) in [7, 11) is 0. The fourth-order valence-electron chi connectivity index (χ4n) is 1.58. The van der Waals surface area contributed by atoms with Gasteiger partial charge in [0.2, 0.25) is 0 Å². The molecule has 1 saturated carbocycles. The molecule has 0 radical (unpaired) electrons. The number of carboxylic acids is 1. The molecule has 1 aliphatic carbocycles. The lowest BCUT2D eigenvalue weighted by Gasteiger charge is -2.21. The van der Waals surface area contributed by atoms with E-state index in [1.54, 1.807) is 0 Å². The SMILES string of the molecule is CC1(C)C(=O)C(O)C(C(=O)O)C1O. The highest BCUT2D eigenvalue weighted by Crippen LogP contribution is 2.38. The third-order valence-electron chi connectivity index (χ3n) is 2.61. The smallest absolute Gasteiger partial charge is 0.312 e. The van der Waals surface area contributed by atoms with Gasteiger partial charge in [-0.05, 0) is 0 Å². The summed E-state index contributed by atoms with van der Waals surface area (Å²) >= 11 is 0. The maximum absolute atomic E-state index is 11.3. The normalized spacial score (nSPS) is 37.8. The number of hydrogen-bond donors (Lipinski definition) is 3. The molecule has 5 heteroatoms. The van der Waals surface area contributed by atoms with Crippen LogP contribution in [0.25, 0.3) is 0 Å². The number of Topliss-reactive ketones (excluding diaryl/α,β-unsaturated/α-hetero) is 1. The van der Waals surface area contributed by atoms with Crippen LogP contribution in [0, 0.1) is 11.3 Å². The lowest BCUT2D eigenvalue weighted by Crippen LogP contribution is -2.34. The molecule has 3 unspecified atom stereocenters. The van der Waals surface area contributed by atoms with E-state index in [0.717, 1.165) is 0 Å². The number of ketones is 1. The molecule has 0 aromatic carbocycles. The topological polar surface area (TPSA) is 94.8 Å². The number of aliphatic carboxylic acids is 1. The van der Waals surface area contributed by atoms with Crippen molar-refractivity contribution in [1.29, 1.82) is 0 Å². The van der Waals surface area contributed by atoms with Gasteiger partial charge >= 0.3 is 5.97 Å². The Morgan fingerprint density at radius 3 is 2.00 bits per heavy atom. The molecule has 0 amide bonds. The van der Waals surface area contributed by atoms with E-state index in [4.69, 9.17) is 5.11 Å². The molecular weight excluding hydrogens is 176 g/mol. The second-order valence-corrected chi connectivity index (χ2v) is 3.84. The Morgan fingerprint density at radius 2 is 1.85 bits per heavy atom. The first-order chi connectivity index (χ1) is 5.80. The average Bonchev–Trinajstić information content (AvgIpc) is 2.14. The van der Waals surface area contributed by atoms with Crippen LogP contribution in [-0.4, -0.2) is 39.3 Å². The van der Waals surface area contributed by atoms with Gasteiger partial charge in [0, 0.05) is 0 Å². The molecule has 74 valence electrons. The van der Waals surface area contributed by atoms with E-state index in [1.165, 1.54) is 13.8 Å². The maximum Gasteiger partial charge on any atom is 0.312 e. The van der Waals surface area contributed by atoms with Crippen molar-refractivity contribution in [2.24, 2.45) is 11.3 Å². The highest BCUT2D eigenvalue weighted by atomic mass is 16.4. The zero-order chi connectivity index (χ0) is 10.4. The van der Waals surface area contributed by atoms with Crippen molar-refractivity contribution in [3.8, 4) is 0 Å². The summed E-state index contributed by atoms with van der Waals surface area (Å²) in [4.78, 5) is 21.9. The van der Waals surface area contributed by atoms with Gasteiger partial charge in [0.1, 0.15) is 12.0 Å². The van der Waals surface area contributed by atoms with Crippen molar-refractivity contribution in [1.82, 2.24) is 0 Å². The second kappa shape index (κ2) is 2.78. The Hall–Kier alpha value is -0.940. The van der Waals surface area contributed by atoms with Gasteiger partial charge in [-0.2, -0.15) is 0 Å². The molecule has 5 nitrogen and oxygen atoms in total. The van der Waals surface area contributed by atoms with Crippen LogP contribution in [0.15, 0.2) is 0 Å². The van der Waals surface area contributed by atoms with E-state index in [-0.39, 0.29) is 0 Å². The molecule has 3 N–H and O–H groups in total. The molecule has 13 heavy (non-hydrogen) atoms. The lowest BCUT2D eigenvalue weighted by atomic mass is 9.86. The van der Waals surface area contributed by atoms with Crippen LogP contribution in [0.5, 0.6) is 0 Å². The Balaban J connectivity index is 3.06. The fourth-order valence-corrected chi connectivity index (χ4v) is 1.58. The summed E-state index contributed by atoms with van der Waals surface area (Å²) in [6, 6.07) is 0. The predicted molar refractivity (Wildman–Crippen MR) is 41.9 cm³/mol. The zero-order valence-electron chi connectivity index (χ0n) is 7.39. The molecule has 1 fully saturated rings. The van der Waals surface area contributed by atoms with E-state index in [1.807, 2.05) is 0 Å². The standard InChI is InChI=1S/C8H12O5/c1-8(2)5(10)3(7(12)13)4(9)6(8)11/h3-5,9-10H,1-2H3,(H,12,13). The van der Waals surface area contributed by atoms with Crippen molar-refractivity contribution >= 4 is 11.8 Å². The van der Waals surface area contributed by atoms with Gasteiger partial charge in [0.25, 0.3) is 0 Å². The van der Waals surface area contributed by atoms with Gasteiger partial charge in [-0.3, -0.25) is 9.59 Å². The molecular formula is C8H12O5. The predicted octanol–water partition coefficient (Wildman–Crippen LogP) is -0.982. The number of carbonyl (C=O) groups excluding carboxylic acids is 1. The summed E-state index contributed by atoms with van der Waals surface area (Å²) in [5.74, 6) is -3.37. The Bertz CT molecular complexity index is 257. The second-order valence-electron chi connectivity index (χ2n) is 3.84. The number of aliphatic hydroxyl groups excluding tert-OH is 2. The van der Waals surface area contributed by atoms with Crippen molar-refractivity contribution in [2.75, 3.05) is 0 Å². The molecule has 0 spiro atoms. The number of hydrogen-bond acceptors (Lipinski definition) is 4. The van der Waals surface area contributed by atoms with Crippen LogP contribution >= 0.6 is 0 Å². The van der Waals surface area contributed by atoms with Crippen LogP contribution in [-0.2, 0) is 9.59 Å². The molecule has 1 rings (SSSR count). The first-order valence-electron chi connectivity index (χ1n) is 3.93. The van der Waals surface area contributed by atoms with Crippen molar-refractivity contribution in [2.45, 2.75) is 26.1 Å². The van der Waals surface area contributed by atoms with Crippen LogP contribution in [0.2, 0.25) is 0 Å². The quantitative estimate of drug-likeness (QED) is 0.491. The van der Waals surface area contributed by atoms with Crippen LogP contribution in [0.1, 0.15) is 13.8 Å². The Morgan fingerprint density at radius 1 is 1.38 bits per heavy atom. The van der Waals surface area contributed by atoms with Crippen LogP contribution in [0.3, 0.4) is 0 Å². The molecule has 0 aromatic rings. The molecule has 0 saturated heterocycles. The summed E-state index contributed by atoms with van der Waals surface area (Å²) in [5.41, 5.74) is -1.18. The van der Waals surface area contributed by atoms with Gasteiger partial charge in [0.15, 0.2) is 5.78 Å². The van der Waals surface area contributed by atoms with E-state index >= 15 is 0 Å². The summed E-state index contributed by atoms with van der Waals surface area (Å²) < 4.78 is 0. The molecule has 3 atom stereocenters. The third-order valence-corrected chi connectivity index (χ3v) is 2.61. The average molecular weight is 188 g/mol. The van der Waals surface area contributed by atoms with Crippen LogP contribution < -0.4 is 0 Å². The highest BCUT2D eigenvalue weighted by molar-refractivity contribution is 5.96. The summed E-state index contributed by atoms with van der Waals surface area (Å²) in [6.07, 6.45) is -2.92. The van der Waals surface area contributed by atoms with E-state index < -0.39 is 35.3 Å². The first-order valence-corrected chi connectivity index (χ1v) is 3.93. The number of aliphatic hydroxyl groups is 2. The summed E-state index contributed by atoms with van der Waals surface area (Å²) in [5, 5.41) is 27.3. The van der Waals surface area contributed by atoms with Crippen LogP contribution in [0.4, 0.5) is 0 Å². The highest BCUT2D eigenvalue weighted by Gasteiger charge is 2.57. The molecule has 0 aliphatic heterocycles. The van der Waals surface area contributed by atoms with Crippen molar-refractivity contribution in [3.05, 3.63) is 0 Å². The van der Waals surface area contributed by atoms with Crippen molar-refractivity contribution in [3.63, 3.8) is 0 Å². The third kappa shape index (κ3) is 1.24. The fraction of sp³-hybridized carbons (Fsp3) is 0.750. The number of rotatable bonds is 1. The maximum atomic E-state index is 11.3. The largest absolute Gasteiger partial charge is 0.481 e. The monoisotopic (exact) mass is 188 g/mol. The lowest BCUT2D eigenvalue weighted by molar-refractivity contribution is -0.150. The van der Waals surface area contributed by atoms with Gasteiger partial charge < -0.3 is 15.3 Å². The van der Waals surface area contributed by atoms with E-state index in [9.17, 15) is 19.8 Å². The molecule has 0 heterocycles. The number of carbonyl (C=O) groups is 2. The van der Waals surface area contributed by atoms with Gasteiger partial charge in [0.05, 0.1) is 11.5 Å². The van der Waals surface area contributed by atoms with Gasteiger partial charge in [-0.1, -0.05) is 13.8 Å². The molecule has 0 bridgehead atoms. The minimum Gasteiger partial charge on any atom is -0.481 e. The Labute approximate surface area is 75.0 Å².